The zero-order valence-corrected chi connectivity index (χ0v) is 14.0. The van der Waals surface area contributed by atoms with Crippen molar-refractivity contribution < 1.29 is 14.6 Å². The summed E-state index contributed by atoms with van der Waals surface area (Å²) in [6.45, 7) is 2.28. The second-order valence-corrected chi connectivity index (χ2v) is 8.79. The summed E-state index contributed by atoms with van der Waals surface area (Å²) in [6.07, 6.45) is 9.41. The molecule has 1 aliphatic heterocycles. The lowest BCUT2D eigenvalue weighted by atomic mass is 9.49. The van der Waals surface area contributed by atoms with E-state index >= 15 is 0 Å². The number of ether oxygens (including phenoxy) is 1. The highest BCUT2D eigenvalue weighted by atomic mass is 16.5. The number of aliphatic hydroxyl groups is 1. The fraction of sp³-hybridized carbons (Fsp3) is 0.944. The predicted molar refractivity (Wildman–Crippen MR) is 87.0 cm³/mol. The van der Waals surface area contributed by atoms with Gasteiger partial charge in [0.15, 0.2) is 0 Å². The molecule has 0 spiro atoms. The Morgan fingerprint density at radius 1 is 0.957 bits per heavy atom. The van der Waals surface area contributed by atoms with Gasteiger partial charge < -0.3 is 20.5 Å². The largest absolute Gasteiger partial charge is 0.388 e. The summed E-state index contributed by atoms with van der Waals surface area (Å²) in [5.74, 6) is 2.73. The van der Waals surface area contributed by atoms with Crippen LogP contribution in [0.1, 0.15) is 51.4 Å². The topological polar surface area (TPSA) is 70.6 Å². The van der Waals surface area contributed by atoms with Gasteiger partial charge in [0.2, 0.25) is 0 Å². The molecule has 0 aromatic rings. The van der Waals surface area contributed by atoms with Crippen molar-refractivity contribution in [2.75, 3.05) is 26.3 Å². The summed E-state index contributed by atoms with van der Waals surface area (Å²) < 4.78 is 5.27. The number of amides is 2. The molecule has 130 valence electrons. The highest BCUT2D eigenvalue weighted by Crippen LogP contribution is 2.59. The minimum atomic E-state index is -0.795. The van der Waals surface area contributed by atoms with Crippen molar-refractivity contribution in [3.05, 3.63) is 0 Å². The minimum Gasteiger partial charge on any atom is -0.388 e. The van der Waals surface area contributed by atoms with Crippen LogP contribution in [0.25, 0.3) is 0 Å². The minimum absolute atomic E-state index is 0.124. The Labute approximate surface area is 138 Å². The maximum Gasteiger partial charge on any atom is 0.314 e. The Hall–Kier alpha value is -0.810. The van der Waals surface area contributed by atoms with Crippen molar-refractivity contribution in [1.29, 1.82) is 0 Å². The summed E-state index contributed by atoms with van der Waals surface area (Å²) in [6, 6.07) is -0.124. The molecule has 5 fully saturated rings. The first-order valence-electron chi connectivity index (χ1n) is 9.36. The van der Waals surface area contributed by atoms with Crippen molar-refractivity contribution in [3.63, 3.8) is 0 Å². The van der Waals surface area contributed by atoms with Gasteiger partial charge in [-0.2, -0.15) is 0 Å². The molecule has 23 heavy (non-hydrogen) atoms. The molecule has 5 aliphatic rings. The van der Waals surface area contributed by atoms with E-state index in [1.165, 1.54) is 38.5 Å². The van der Waals surface area contributed by atoms with Crippen molar-refractivity contribution >= 4 is 6.03 Å². The average molecular weight is 322 g/mol. The maximum atomic E-state index is 12.2. The average Bonchev–Trinajstić information content (AvgIpc) is 2.51. The van der Waals surface area contributed by atoms with Gasteiger partial charge in [0, 0.05) is 39.1 Å². The van der Waals surface area contributed by atoms with E-state index in [1.807, 2.05) is 0 Å². The van der Waals surface area contributed by atoms with Crippen LogP contribution in [-0.2, 0) is 4.74 Å². The zero-order chi connectivity index (χ0) is 15.9. The molecule has 4 saturated carbocycles. The van der Waals surface area contributed by atoms with Crippen molar-refractivity contribution in [1.82, 2.24) is 10.6 Å². The van der Waals surface area contributed by atoms with Crippen LogP contribution < -0.4 is 10.6 Å². The van der Waals surface area contributed by atoms with Crippen LogP contribution in [-0.4, -0.2) is 43.0 Å². The highest BCUT2D eigenvalue weighted by molar-refractivity contribution is 5.73. The lowest BCUT2D eigenvalue weighted by molar-refractivity contribution is -0.0605. The fourth-order valence-corrected chi connectivity index (χ4v) is 6.01. The Balaban J connectivity index is 1.25. The third kappa shape index (κ3) is 3.36. The van der Waals surface area contributed by atoms with Gasteiger partial charge >= 0.3 is 6.03 Å². The van der Waals surface area contributed by atoms with E-state index in [2.05, 4.69) is 10.6 Å². The van der Waals surface area contributed by atoms with Crippen LogP contribution in [0, 0.1) is 23.2 Å². The second-order valence-electron chi connectivity index (χ2n) is 8.79. The number of urea groups is 1. The molecule has 1 heterocycles. The van der Waals surface area contributed by atoms with Crippen LogP contribution in [0.3, 0.4) is 0 Å². The number of carbonyl (C=O) groups excluding carboxylic acids is 1. The van der Waals surface area contributed by atoms with E-state index in [9.17, 15) is 9.90 Å². The highest BCUT2D eigenvalue weighted by Gasteiger charge is 2.50. The summed E-state index contributed by atoms with van der Waals surface area (Å²) >= 11 is 0. The summed E-state index contributed by atoms with van der Waals surface area (Å²) in [5, 5.41) is 16.4. The maximum absolute atomic E-state index is 12.2. The van der Waals surface area contributed by atoms with Crippen molar-refractivity contribution in [2.45, 2.75) is 57.0 Å². The molecule has 4 bridgehead atoms. The Morgan fingerprint density at radius 3 is 2.04 bits per heavy atom. The van der Waals surface area contributed by atoms with E-state index in [4.69, 9.17) is 4.74 Å². The zero-order valence-electron chi connectivity index (χ0n) is 14.0. The van der Waals surface area contributed by atoms with Gasteiger partial charge in [-0.05, 0) is 61.7 Å². The third-order valence-electron chi connectivity index (χ3n) is 6.79. The molecule has 5 nitrogen and oxygen atoms in total. The number of rotatable bonds is 4. The molecule has 5 heteroatoms. The van der Waals surface area contributed by atoms with Crippen LogP contribution in [0.2, 0.25) is 0 Å². The molecule has 0 aromatic carbocycles. The Morgan fingerprint density at radius 2 is 1.48 bits per heavy atom. The van der Waals surface area contributed by atoms with Crippen molar-refractivity contribution in [3.8, 4) is 0 Å². The van der Waals surface area contributed by atoms with E-state index in [-0.39, 0.29) is 6.03 Å². The molecular formula is C18H30N2O3. The molecule has 0 radical (unpaired) electrons. The second kappa shape index (κ2) is 5.92. The molecule has 0 atom stereocenters. The van der Waals surface area contributed by atoms with Crippen LogP contribution >= 0.6 is 0 Å². The van der Waals surface area contributed by atoms with E-state index in [0.717, 1.165) is 24.3 Å². The standard InChI is InChI=1S/C18H30N2O3/c21-16(20-12-18(22)1-3-23-4-2-18)19-11-17-8-13-5-14(9-17)7-15(6-13)10-17/h13-15,22H,1-12H2,(H2,19,20,21). The number of carbonyl (C=O) groups is 1. The summed E-state index contributed by atoms with van der Waals surface area (Å²) in [4.78, 5) is 12.2. The van der Waals surface area contributed by atoms with Crippen LogP contribution in [0.4, 0.5) is 4.79 Å². The lowest BCUT2D eigenvalue weighted by Gasteiger charge is -2.56. The van der Waals surface area contributed by atoms with Crippen LogP contribution in [0.15, 0.2) is 0 Å². The quantitative estimate of drug-likeness (QED) is 0.742. The van der Waals surface area contributed by atoms with E-state index < -0.39 is 5.60 Å². The molecule has 3 N–H and O–H groups in total. The van der Waals surface area contributed by atoms with Gasteiger partial charge in [-0.1, -0.05) is 0 Å². The Bertz CT molecular complexity index is 424. The summed E-state index contributed by atoms with van der Waals surface area (Å²) in [7, 11) is 0. The molecule has 4 aliphatic carbocycles. The molecule has 1 saturated heterocycles. The van der Waals surface area contributed by atoms with Gasteiger partial charge in [-0.25, -0.2) is 4.79 Å². The van der Waals surface area contributed by atoms with E-state index in [1.54, 1.807) is 0 Å². The van der Waals surface area contributed by atoms with Gasteiger partial charge in [0.05, 0.1) is 5.60 Å². The first-order chi connectivity index (χ1) is 11.0. The number of hydrogen-bond donors (Lipinski definition) is 3. The molecule has 5 rings (SSSR count). The smallest absolute Gasteiger partial charge is 0.314 e. The number of hydrogen-bond acceptors (Lipinski definition) is 3. The van der Waals surface area contributed by atoms with E-state index in [0.29, 0.717) is 38.0 Å². The molecular weight excluding hydrogens is 292 g/mol. The van der Waals surface area contributed by atoms with Crippen molar-refractivity contribution in [2.24, 2.45) is 23.2 Å². The first-order valence-corrected chi connectivity index (χ1v) is 9.36. The van der Waals surface area contributed by atoms with Crippen LogP contribution in [0.5, 0.6) is 0 Å². The molecule has 0 unspecified atom stereocenters. The molecule has 2 amide bonds. The normalized spacial score (nSPS) is 40.8. The monoisotopic (exact) mass is 322 g/mol. The number of nitrogens with one attached hydrogen (secondary N) is 2. The fourth-order valence-electron chi connectivity index (χ4n) is 6.01. The predicted octanol–water partition coefficient (Wildman–Crippen LogP) is 2.04. The Kier molecular flexibility index (Phi) is 4.04. The molecule has 0 aromatic heterocycles. The van der Waals surface area contributed by atoms with Gasteiger partial charge in [-0.15, -0.1) is 0 Å². The SMILES string of the molecule is O=C(NCC1(O)CCOCC1)NCC12CC3CC(CC(C3)C1)C2. The van der Waals surface area contributed by atoms with Gasteiger partial charge in [-0.3, -0.25) is 0 Å². The van der Waals surface area contributed by atoms with Gasteiger partial charge in [0.1, 0.15) is 0 Å². The third-order valence-corrected chi connectivity index (χ3v) is 6.79. The summed E-state index contributed by atoms with van der Waals surface area (Å²) in [5.41, 5.74) is -0.433. The lowest BCUT2D eigenvalue weighted by Crippen LogP contribution is -2.54. The van der Waals surface area contributed by atoms with Gasteiger partial charge in [0.25, 0.3) is 0 Å². The first kappa shape index (κ1) is 15.7.